The first-order valence-corrected chi connectivity index (χ1v) is 17.1. The largest absolute Gasteiger partial charge is 0.496 e. The summed E-state index contributed by atoms with van der Waals surface area (Å²) in [5, 5.41) is 23.8. The fraction of sp³-hybridized carbons (Fsp3) is 0.220. The third-order valence-corrected chi connectivity index (χ3v) is 8.86. The van der Waals surface area contributed by atoms with Gasteiger partial charge in [-0.2, -0.15) is 5.10 Å². The number of aromatic amines is 1. The maximum Gasteiger partial charge on any atom is 0.227 e. The number of halogens is 1. The topological polar surface area (TPSA) is 152 Å². The summed E-state index contributed by atoms with van der Waals surface area (Å²) in [7, 11) is 3.15. The fourth-order valence-electron chi connectivity index (χ4n) is 5.75. The molecular weight excluding hydrogens is 694 g/mol. The predicted octanol–water partition coefficient (Wildman–Crippen LogP) is 8.63. The molecule has 2 heterocycles. The molecule has 2 aromatic heterocycles. The maximum absolute atomic E-state index is 12.6. The zero-order chi connectivity index (χ0) is 38.0. The van der Waals surface area contributed by atoms with Crippen LogP contribution in [0.3, 0.4) is 0 Å². The molecule has 6 aromatic rings. The molecule has 1 unspecified atom stereocenters. The van der Waals surface area contributed by atoms with Crippen molar-refractivity contribution in [1.29, 1.82) is 0 Å². The number of nitrogens with one attached hydrogen (secondary N) is 3. The quantitative estimate of drug-likeness (QED) is 0.0975. The van der Waals surface area contributed by atoms with Gasteiger partial charge in [-0.25, -0.2) is 4.98 Å². The first-order chi connectivity index (χ1) is 25.4. The van der Waals surface area contributed by atoms with E-state index in [9.17, 15) is 14.7 Å². The molecule has 6 rings (SSSR count). The van der Waals surface area contributed by atoms with Crippen LogP contribution in [-0.2, 0) is 20.6 Å². The van der Waals surface area contributed by atoms with Crippen LogP contribution in [0.5, 0.6) is 11.5 Å². The number of anilines is 2. The number of hydrogen-bond acceptors (Lipinski definition) is 8. The van der Waals surface area contributed by atoms with Crippen LogP contribution in [0.15, 0.2) is 120 Å². The highest BCUT2D eigenvalue weighted by molar-refractivity contribution is 6.30. The van der Waals surface area contributed by atoms with Crippen molar-refractivity contribution >= 4 is 34.8 Å². The van der Waals surface area contributed by atoms with Crippen molar-refractivity contribution in [3.05, 3.63) is 132 Å². The lowest BCUT2D eigenvalue weighted by molar-refractivity contribution is -0.121. The maximum atomic E-state index is 12.6. The molecule has 53 heavy (non-hydrogen) atoms. The molecule has 4 N–H and O–H groups in total. The molecule has 1 atom stereocenters. The molecule has 274 valence electrons. The Bertz CT molecular complexity index is 2100. The van der Waals surface area contributed by atoms with Gasteiger partial charge < -0.3 is 29.6 Å². The van der Waals surface area contributed by atoms with E-state index in [0.29, 0.717) is 45.6 Å². The predicted molar refractivity (Wildman–Crippen MR) is 206 cm³/mol. The summed E-state index contributed by atoms with van der Waals surface area (Å²) < 4.78 is 16.1. The molecule has 12 heteroatoms. The number of rotatable bonds is 12. The second-order valence-corrected chi connectivity index (χ2v) is 13.6. The fourth-order valence-corrected chi connectivity index (χ4v) is 5.88. The molecular formula is C41H42ClN5O6. The number of aromatic nitrogens is 3. The molecule has 0 radical (unpaired) electrons. The molecule has 2 amide bonds. The lowest BCUT2D eigenvalue weighted by atomic mass is 9.81. The van der Waals surface area contributed by atoms with Crippen LogP contribution in [0, 0.1) is 0 Å². The molecule has 0 saturated heterocycles. The number of oxazole rings is 1. The van der Waals surface area contributed by atoms with Gasteiger partial charge >= 0.3 is 0 Å². The molecule has 11 nitrogen and oxygen atoms in total. The minimum absolute atomic E-state index is 0.0620. The van der Waals surface area contributed by atoms with E-state index in [2.05, 4.69) is 25.8 Å². The smallest absolute Gasteiger partial charge is 0.227 e. The summed E-state index contributed by atoms with van der Waals surface area (Å²) in [6, 6.07) is 27.5. The Morgan fingerprint density at radius 2 is 1.40 bits per heavy atom. The Hall–Kier alpha value is -5.91. The Morgan fingerprint density at radius 3 is 1.96 bits per heavy atom. The monoisotopic (exact) mass is 735 g/mol. The molecule has 0 spiro atoms. The number of nitrogens with zero attached hydrogens (tertiary/aromatic N) is 2. The van der Waals surface area contributed by atoms with Crippen molar-refractivity contribution in [2.75, 3.05) is 24.9 Å². The van der Waals surface area contributed by atoms with Crippen molar-refractivity contribution in [3.63, 3.8) is 0 Å². The van der Waals surface area contributed by atoms with Crippen molar-refractivity contribution in [2.45, 2.75) is 44.6 Å². The van der Waals surface area contributed by atoms with Crippen molar-refractivity contribution in [3.8, 4) is 33.9 Å². The van der Waals surface area contributed by atoms with Crippen LogP contribution < -0.4 is 20.1 Å². The number of H-pyrrole nitrogens is 1. The molecule has 0 aliphatic carbocycles. The van der Waals surface area contributed by atoms with Crippen molar-refractivity contribution in [1.82, 2.24) is 15.2 Å². The van der Waals surface area contributed by atoms with Crippen LogP contribution in [-0.4, -0.2) is 46.3 Å². The normalized spacial score (nSPS) is 12.1. The van der Waals surface area contributed by atoms with E-state index in [-0.39, 0.29) is 23.7 Å². The van der Waals surface area contributed by atoms with Crippen LogP contribution in [0.2, 0.25) is 5.02 Å². The van der Waals surface area contributed by atoms with Crippen LogP contribution in [0.25, 0.3) is 22.5 Å². The molecule has 0 fully saturated rings. The number of carbonyl (C=O) groups is 2. The number of benzene rings is 4. The van der Waals surface area contributed by atoms with Gasteiger partial charge in [-0.1, -0.05) is 67.9 Å². The van der Waals surface area contributed by atoms with Gasteiger partial charge in [0, 0.05) is 52.3 Å². The number of aliphatic hydroxyl groups is 1. The zero-order valence-corrected chi connectivity index (χ0v) is 30.9. The molecule has 4 aromatic carbocycles. The lowest BCUT2D eigenvalue weighted by Gasteiger charge is -2.24. The summed E-state index contributed by atoms with van der Waals surface area (Å²) in [5.74, 6) is 1.44. The summed E-state index contributed by atoms with van der Waals surface area (Å²) in [6.45, 7) is 5.70. The van der Waals surface area contributed by atoms with Gasteiger partial charge in [0.05, 0.1) is 44.2 Å². The SMILES string of the molecule is COc1cc(NC(=O)CC(C)(C)c2ccc(Cl)cc2)ccc1-c1cn[nH]c1.COc1cc(NC(=O)CC(C)(O)c2ccccc2)ccc1-c1cnco1. The average molecular weight is 736 g/mol. The third kappa shape index (κ3) is 10.1. The van der Waals surface area contributed by atoms with E-state index in [1.165, 1.54) is 6.39 Å². The van der Waals surface area contributed by atoms with Crippen LogP contribution in [0.4, 0.5) is 11.4 Å². The van der Waals surface area contributed by atoms with E-state index < -0.39 is 5.60 Å². The Labute approximate surface area is 313 Å². The van der Waals surface area contributed by atoms with Crippen molar-refractivity contribution in [2.24, 2.45) is 0 Å². The van der Waals surface area contributed by atoms with Gasteiger partial charge in [-0.3, -0.25) is 14.7 Å². The second-order valence-electron chi connectivity index (χ2n) is 13.2. The van der Waals surface area contributed by atoms with E-state index in [1.807, 2.05) is 74.5 Å². The van der Waals surface area contributed by atoms with Gasteiger partial charge in [-0.15, -0.1) is 0 Å². The summed E-state index contributed by atoms with van der Waals surface area (Å²) >= 11 is 5.96. The number of methoxy groups -OCH3 is 2. The van der Waals surface area contributed by atoms with E-state index >= 15 is 0 Å². The second kappa shape index (κ2) is 17.1. The third-order valence-electron chi connectivity index (χ3n) is 8.61. The van der Waals surface area contributed by atoms with Gasteiger partial charge in [0.1, 0.15) is 11.5 Å². The number of hydrogen-bond donors (Lipinski definition) is 4. The Morgan fingerprint density at radius 1 is 0.792 bits per heavy atom. The van der Waals surface area contributed by atoms with E-state index in [1.54, 1.807) is 70.1 Å². The highest BCUT2D eigenvalue weighted by Crippen LogP contribution is 2.34. The molecule has 0 aliphatic rings. The zero-order valence-electron chi connectivity index (χ0n) is 30.1. The minimum atomic E-state index is -1.25. The Kier molecular flexibility index (Phi) is 12.3. The van der Waals surface area contributed by atoms with Crippen molar-refractivity contribution < 1.29 is 28.6 Å². The standard InChI is InChI=1S/C21H22ClN3O2.C20H20N2O4/c1-21(2,15-4-6-16(22)7-5-15)11-20(26)25-17-8-9-18(19(10-17)27-3)14-12-23-24-13-14;1-20(24,14-6-4-3-5-7-14)11-19(23)22-15-8-9-16(17(10-15)25-2)18-12-21-13-26-18/h4-10,12-13H,11H2,1-3H3,(H,23,24)(H,25,26);3-10,12-13,24H,11H2,1-2H3,(H,22,23). The lowest BCUT2D eigenvalue weighted by Crippen LogP contribution is -2.28. The van der Waals surface area contributed by atoms with Gasteiger partial charge in [0.15, 0.2) is 12.2 Å². The highest BCUT2D eigenvalue weighted by Gasteiger charge is 2.27. The average Bonchev–Trinajstić information content (AvgIpc) is 3.88. The molecule has 0 bridgehead atoms. The molecule has 0 saturated carbocycles. The number of carbonyl (C=O) groups excluding carboxylic acids is 2. The minimum Gasteiger partial charge on any atom is -0.496 e. The van der Waals surface area contributed by atoms with Crippen LogP contribution in [0.1, 0.15) is 44.7 Å². The van der Waals surface area contributed by atoms with Crippen LogP contribution >= 0.6 is 11.6 Å². The Balaban J connectivity index is 0.000000204. The van der Waals surface area contributed by atoms with E-state index in [0.717, 1.165) is 22.3 Å². The first kappa shape index (κ1) is 38.3. The molecule has 0 aliphatic heterocycles. The van der Waals surface area contributed by atoms with E-state index in [4.69, 9.17) is 25.5 Å². The van der Waals surface area contributed by atoms with Gasteiger partial charge in [0.25, 0.3) is 0 Å². The van der Waals surface area contributed by atoms with Gasteiger partial charge in [0.2, 0.25) is 11.8 Å². The summed E-state index contributed by atoms with van der Waals surface area (Å²) in [5.41, 5.74) is 4.02. The summed E-state index contributed by atoms with van der Waals surface area (Å²) in [6.07, 6.45) is 6.74. The number of amides is 2. The first-order valence-electron chi connectivity index (χ1n) is 16.8. The number of ether oxygens (including phenoxy) is 2. The van der Waals surface area contributed by atoms with Gasteiger partial charge in [-0.05, 0) is 59.9 Å². The summed E-state index contributed by atoms with van der Waals surface area (Å²) in [4.78, 5) is 28.9. The highest BCUT2D eigenvalue weighted by atomic mass is 35.5.